The number of H-pyrrole nitrogens is 1. The summed E-state index contributed by atoms with van der Waals surface area (Å²) < 4.78 is 1.87. The first-order chi connectivity index (χ1) is 15.4. The van der Waals surface area contributed by atoms with Gasteiger partial charge in [-0.25, -0.2) is 4.79 Å². The summed E-state index contributed by atoms with van der Waals surface area (Å²) in [5.74, 6) is 0.211. The number of hydrogen-bond acceptors (Lipinski definition) is 5. The fourth-order valence-electron chi connectivity index (χ4n) is 3.21. The normalized spacial score (nSPS) is 11.1. The molecule has 2 aromatic heterocycles. The average Bonchev–Trinajstić information content (AvgIpc) is 3.36. The van der Waals surface area contributed by atoms with Crippen molar-refractivity contribution >= 4 is 46.2 Å². The van der Waals surface area contributed by atoms with Crippen molar-refractivity contribution in [1.82, 2.24) is 30.4 Å². The molecule has 3 N–H and O–H groups in total. The number of hydrogen-bond donors (Lipinski definition) is 3. The molecule has 164 valence electrons. The Hall–Kier alpha value is -3.30. The van der Waals surface area contributed by atoms with E-state index in [0.717, 1.165) is 22.2 Å². The highest BCUT2D eigenvalue weighted by molar-refractivity contribution is 7.99. The zero-order valence-corrected chi connectivity index (χ0v) is 19.0. The molecule has 4 aromatic rings. The molecule has 0 aliphatic heterocycles. The largest absolute Gasteiger partial charge is 0.360 e. The van der Waals surface area contributed by atoms with Crippen LogP contribution in [0, 0.1) is 0 Å². The second-order valence-electron chi connectivity index (χ2n) is 7.33. The Labute approximate surface area is 193 Å². The van der Waals surface area contributed by atoms with E-state index in [1.165, 1.54) is 11.8 Å². The molecule has 0 atom stereocenters. The number of aromatic amines is 1. The second-order valence-corrected chi connectivity index (χ2v) is 8.71. The van der Waals surface area contributed by atoms with Gasteiger partial charge >= 0.3 is 6.03 Å². The van der Waals surface area contributed by atoms with Crippen LogP contribution >= 0.6 is 23.4 Å². The minimum absolute atomic E-state index is 0.00508. The second kappa shape index (κ2) is 9.46. The molecule has 0 bridgehead atoms. The predicted molar refractivity (Wildman–Crippen MR) is 126 cm³/mol. The number of imide groups is 1. The van der Waals surface area contributed by atoms with Gasteiger partial charge in [0.25, 0.3) is 0 Å². The fraction of sp³-hybridized carbons (Fsp3) is 0.182. The van der Waals surface area contributed by atoms with Crippen LogP contribution in [0.15, 0.2) is 59.9 Å². The molecular formula is C22H21ClN6O2S. The van der Waals surface area contributed by atoms with Crippen LogP contribution in [-0.4, -0.2) is 43.5 Å². The molecule has 4 rings (SSSR count). The van der Waals surface area contributed by atoms with E-state index in [-0.39, 0.29) is 11.8 Å². The zero-order chi connectivity index (χ0) is 22.7. The van der Waals surface area contributed by atoms with Crippen molar-refractivity contribution in [2.75, 3.05) is 5.75 Å². The number of nitrogens with zero attached hydrogens (tertiary/aromatic N) is 3. The number of nitrogens with one attached hydrogen (secondary N) is 3. The van der Waals surface area contributed by atoms with Crippen LogP contribution in [0.25, 0.3) is 28.0 Å². The third kappa shape index (κ3) is 4.79. The minimum Gasteiger partial charge on any atom is -0.360 e. The maximum atomic E-state index is 12.2. The van der Waals surface area contributed by atoms with Crippen molar-refractivity contribution in [3.05, 3.63) is 59.8 Å². The molecule has 10 heteroatoms. The van der Waals surface area contributed by atoms with Crippen LogP contribution in [-0.2, 0) is 4.79 Å². The number of urea groups is 1. The van der Waals surface area contributed by atoms with Gasteiger partial charge in [-0.05, 0) is 44.2 Å². The fourth-order valence-corrected chi connectivity index (χ4v) is 4.09. The van der Waals surface area contributed by atoms with Crippen LogP contribution in [0.3, 0.4) is 0 Å². The number of aromatic nitrogens is 4. The first kappa shape index (κ1) is 21.9. The van der Waals surface area contributed by atoms with Crippen molar-refractivity contribution in [3.8, 4) is 17.1 Å². The van der Waals surface area contributed by atoms with E-state index in [2.05, 4.69) is 25.8 Å². The van der Waals surface area contributed by atoms with Gasteiger partial charge in [-0.2, -0.15) is 0 Å². The third-order valence-electron chi connectivity index (χ3n) is 4.55. The van der Waals surface area contributed by atoms with Crippen molar-refractivity contribution in [2.24, 2.45) is 0 Å². The van der Waals surface area contributed by atoms with Crippen LogP contribution in [0.4, 0.5) is 4.79 Å². The highest BCUT2D eigenvalue weighted by Gasteiger charge is 2.20. The summed E-state index contributed by atoms with van der Waals surface area (Å²) in [4.78, 5) is 27.3. The smallest absolute Gasteiger partial charge is 0.321 e. The van der Waals surface area contributed by atoms with E-state index in [1.54, 1.807) is 12.1 Å². The molecular weight excluding hydrogens is 448 g/mol. The van der Waals surface area contributed by atoms with E-state index in [0.29, 0.717) is 16.0 Å². The van der Waals surface area contributed by atoms with Gasteiger partial charge < -0.3 is 10.3 Å². The number of para-hydroxylation sites is 1. The van der Waals surface area contributed by atoms with Crippen molar-refractivity contribution in [3.63, 3.8) is 0 Å². The molecule has 0 aliphatic rings. The molecule has 2 aromatic carbocycles. The molecule has 3 amide bonds. The van der Waals surface area contributed by atoms with Crippen LogP contribution < -0.4 is 10.6 Å². The molecule has 32 heavy (non-hydrogen) atoms. The number of thioether (sulfide) groups is 1. The number of benzene rings is 2. The Morgan fingerprint density at radius 1 is 1.12 bits per heavy atom. The Morgan fingerprint density at radius 3 is 2.62 bits per heavy atom. The van der Waals surface area contributed by atoms with Gasteiger partial charge in [-0.1, -0.05) is 41.6 Å². The lowest BCUT2D eigenvalue weighted by atomic mass is 10.1. The van der Waals surface area contributed by atoms with E-state index < -0.39 is 11.9 Å². The maximum absolute atomic E-state index is 12.2. The number of fused-ring (bicyclic) bond motifs is 1. The van der Waals surface area contributed by atoms with Crippen molar-refractivity contribution in [2.45, 2.75) is 25.0 Å². The third-order valence-corrected chi connectivity index (χ3v) is 5.73. The first-order valence-electron chi connectivity index (χ1n) is 9.93. The summed E-state index contributed by atoms with van der Waals surface area (Å²) in [5.41, 5.74) is 2.67. The summed E-state index contributed by atoms with van der Waals surface area (Å²) >= 11 is 7.27. The Morgan fingerprint density at radius 2 is 1.88 bits per heavy atom. The lowest BCUT2D eigenvalue weighted by Crippen LogP contribution is -2.43. The Balaban J connectivity index is 1.65. The van der Waals surface area contributed by atoms with Gasteiger partial charge in [0.05, 0.1) is 5.75 Å². The highest BCUT2D eigenvalue weighted by Crippen LogP contribution is 2.32. The van der Waals surface area contributed by atoms with Gasteiger partial charge in [-0.3, -0.25) is 14.7 Å². The number of rotatable bonds is 6. The van der Waals surface area contributed by atoms with Crippen LogP contribution in [0.2, 0.25) is 5.02 Å². The molecule has 0 saturated carbocycles. The minimum atomic E-state index is -0.524. The molecule has 0 saturated heterocycles. The number of carbonyl (C=O) groups is 2. The predicted octanol–water partition coefficient (Wildman–Crippen LogP) is 4.40. The summed E-state index contributed by atoms with van der Waals surface area (Å²) in [6.07, 6.45) is 1.89. The molecule has 0 aliphatic carbocycles. The van der Waals surface area contributed by atoms with Gasteiger partial charge in [0, 0.05) is 39.4 Å². The summed E-state index contributed by atoms with van der Waals surface area (Å²) in [6, 6.07) is 14.6. The molecule has 0 radical (unpaired) electrons. The topological polar surface area (TPSA) is 105 Å². The molecule has 0 spiro atoms. The van der Waals surface area contributed by atoms with E-state index in [1.807, 2.05) is 61.0 Å². The van der Waals surface area contributed by atoms with Crippen molar-refractivity contribution in [1.29, 1.82) is 0 Å². The highest BCUT2D eigenvalue weighted by atomic mass is 35.5. The van der Waals surface area contributed by atoms with Crippen LogP contribution in [0.1, 0.15) is 13.8 Å². The lowest BCUT2D eigenvalue weighted by Gasteiger charge is -2.11. The molecule has 2 heterocycles. The molecule has 0 unspecified atom stereocenters. The number of carbonyl (C=O) groups excluding carboxylic acids is 2. The Bertz CT molecular complexity index is 1270. The summed E-state index contributed by atoms with van der Waals surface area (Å²) in [7, 11) is 0. The average molecular weight is 469 g/mol. The van der Waals surface area contributed by atoms with Gasteiger partial charge in [0.15, 0.2) is 11.0 Å². The maximum Gasteiger partial charge on any atom is 0.321 e. The summed E-state index contributed by atoms with van der Waals surface area (Å²) in [6.45, 7) is 3.64. The van der Waals surface area contributed by atoms with Gasteiger partial charge in [0.1, 0.15) is 0 Å². The van der Waals surface area contributed by atoms with Crippen molar-refractivity contribution < 1.29 is 9.59 Å². The van der Waals surface area contributed by atoms with E-state index in [4.69, 9.17) is 11.6 Å². The molecule has 0 fully saturated rings. The van der Waals surface area contributed by atoms with Crippen LogP contribution in [0.5, 0.6) is 0 Å². The number of amides is 3. The van der Waals surface area contributed by atoms with Gasteiger partial charge in [0.2, 0.25) is 5.91 Å². The summed E-state index contributed by atoms with van der Waals surface area (Å²) in [5, 5.41) is 15.8. The standard InChI is InChI=1S/C22H21ClN6O2S/c1-13(2)25-21(31)26-19(30)12-32-22-28-27-20(29(22)15-9-7-14(23)8-10-15)17-11-24-18-6-4-3-5-16(17)18/h3-11,13,24H,12H2,1-2H3,(H2,25,26,30,31). The van der Waals surface area contributed by atoms with Gasteiger partial charge in [-0.15, -0.1) is 10.2 Å². The quantitative estimate of drug-likeness (QED) is 0.364. The van der Waals surface area contributed by atoms with E-state index in [9.17, 15) is 9.59 Å². The Kier molecular flexibility index (Phi) is 6.48. The SMILES string of the molecule is CC(C)NC(=O)NC(=O)CSc1nnc(-c2c[nH]c3ccccc23)n1-c1ccc(Cl)cc1. The van der Waals surface area contributed by atoms with E-state index >= 15 is 0 Å². The lowest BCUT2D eigenvalue weighted by molar-refractivity contribution is -0.117. The zero-order valence-electron chi connectivity index (χ0n) is 17.4. The monoisotopic (exact) mass is 468 g/mol. The molecule has 8 nitrogen and oxygen atoms in total. The first-order valence-corrected chi connectivity index (χ1v) is 11.3. The number of halogens is 1.